The van der Waals surface area contributed by atoms with E-state index in [1.165, 1.54) is 6.92 Å². The Kier molecular flexibility index (Phi) is 4.95. The Morgan fingerprint density at radius 2 is 1.76 bits per heavy atom. The van der Waals surface area contributed by atoms with Crippen molar-refractivity contribution in [1.82, 2.24) is 0 Å². The first-order valence-electron chi connectivity index (χ1n) is 6.31. The number of aryl methyl sites for hydroxylation is 1. The number of ether oxygens (including phenoxy) is 1. The van der Waals surface area contributed by atoms with Gasteiger partial charge in [0.2, 0.25) is 0 Å². The number of hydrogen-bond donors (Lipinski definition) is 1. The van der Waals surface area contributed by atoms with Gasteiger partial charge in [0.25, 0.3) is 5.91 Å². The highest BCUT2D eigenvalue weighted by Crippen LogP contribution is 2.22. The topological polar surface area (TPSA) is 55.4 Å². The summed E-state index contributed by atoms with van der Waals surface area (Å²) in [5.74, 6) is -0.505. The molecular weight excluding hydrogens is 381 g/mol. The van der Waals surface area contributed by atoms with Crippen LogP contribution in [0.5, 0.6) is 5.75 Å². The summed E-state index contributed by atoms with van der Waals surface area (Å²) in [6.07, 6.45) is 0. The minimum Gasteiger partial charge on any atom is -0.426 e. The molecule has 0 radical (unpaired) electrons. The molecule has 21 heavy (non-hydrogen) atoms. The third kappa shape index (κ3) is 4.29. The zero-order valence-corrected chi connectivity index (χ0v) is 13.8. The first-order chi connectivity index (χ1) is 9.95. The summed E-state index contributed by atoms with van der Waals surface area (Å²) in [6.45, 7) is 3.18. The Balaban J connectivity index is 2.27. The second-order valence-corrected chi connectivity index (χ2v) is 5.80. The molecule has 2 rings (SSSR count). The molecule has 0 atom stereocenters. The van der Waals surface area contributed by atoms with Gasteiger partial charge in [-0.05, 0) is 65.9 Å². The minimum absolute atomic E-state index is 0.260. The zero-order valence-electron chi connectivity index (χ0n) is 11.6. The molecule has 0 saturated heterocycles. The number of benzene rings is 2. The number of nitrogens with one attached hydrogen (secondary N) is 1. The first kappa shape index (κ1) is 15.5. The molecule has 4 nitrogen and oxygen atoms in total. The van der Waals surface area contributed by atoms with E-state index in [-0.39, 0.29) is 11.7 Å². The number of carbonyl (C=O) groups excluding carboxylic acids is 2. The molecule has 0 spiro atoms. The molecule has 108 valence electrons. The molecule has 1 N–H and O–H groups in total. The quantitative estimate of drug-likeness (QED) is 0.489. The van der Waals surface area contributed by atoms with Crippen LogP contribution in [-0.4, -0.2) is 11.9 Å². The van der Waals surface area contributed by atoms with Crippen LogP contribution in [0.3, 0.4) is 0 Å². The van der Waals surface area contributed by atoms with Crippen LogP contribution in [0.25, 0.3) is 0 Å². The maximum absolute atomic E-state index is 12.3. The molecule has 0 aromatic heterocycles. The molecule has 0 heterocycles. The van der Waals surface area contributed by atoms with Gasteiger partial charge in [-0.1, -0.05) is 11.6 Å². The summed E-state index contributed by atoms with van der Waals surface area (Å²) in [7, 11) is 0. The van der Waals surface area contributed by atoms with E-state index in [0.717, 1.165) is 9.13 Å². The van der Waals surface area contributed by atoms with Gasteiger partial charge in [-0.3, -0.25) is 9.59 Å². The van der Waals surface area contributed by atoms with E-state index in [9.17, 15) is 9.59 Å². The molecule has 0 bridgehead atoms. The maximum atomic E-state index is 12.3. The maximum Gasteiger partial charge on any atom is 0.308 e. The highest BCUT2D eigenvalue weighted by Gasteiger charge is 2.14. The highest BCUT2D eigenvalue weighted by molar-refractivity contribution is 14.1. The van der Waals surface area contributed by atoms with Crippen molar-refractivity contribution in [2.24, 2.45) is 0 Å². The number of esters is 1. The summed E-state index contributed by atoms with van der Waals surface area (Å²) in [5.41, 5.74) is 1.94. The van der Waals surface area contributed by atoms with E-state index in [1.807, 2.05) is 31.2 Å². The van der Waals surface area contributed by atoms with Crippen molar-refractivity contribution >= 4 is 40.2 Å². The largest absolute Gasteiger partial charge is 0.426 e. The van der Waals surface area contributed by atoms with Gasteiger partial charge in [-0.25, -0.2) is 0 Å². The monoisotopic (exact) mass is 395 g/mol. The Morgan fingerprint density at radius 1 is 1.10 bits per heavy atom. The minimum atomic E-state index is -0.456. The smallest absolute Gasteiger partial charge is 0.308 e. The fourth-order valence-electron chi connectivity index (χ4n) is 1.80. The van der Waals surface area contributed by atoms with E-state index in [0.29, 0.717) is 11.3 Å². The Bertz CT molecular complexity index is 680. The van der Waals surface area contributed by atoms with Crippen LogP contribution in [0.2, 0.25) is 0 Å². The van der Waals surface area contributed by atoms with Gasteiger partial charge in [-0.2, -0.15) is 0 Å². The lowest BCUT2D eigenvalue weighted by Crippen LogP contribution is -2.15. The normalized spacial score (nSPS) is 10.0. The Labute approximate surface area is 136 Å². The van der Waals surface area contributed by atoms with Gasteiger partial charge in [0.05, 0.1) is 5.56 Å². The summed E-state index contributed by atoms with van der Waals surface area (Å²) in [6, 6.07) is 12.6. The number of hydrogen-bond acceptors (Lipinski definition) is 3. The number of amides is 1. The van der Waals surface area contributed by atoms with E-state index >= 15 is 0 Å². The average molecular weight is 395 g/mol. The van der Waals surface area contributed by atoms with E-state index < -0.39 is 5.97 Å². The SMILES string of the molecule is CC(=O)Oc1ccc(C)cc1C(=O)Nc1ccc(I)cc1. The molecule has 0 unspecified atom stereocenters. The standard InChI is InChI=1S/C16H14INO3/c1-10-3-8-15(21-11(2)19)14(9-10)16(20)18-13-6-4-12(17)5-7-13/h3-9H,1-2H3,(H,18,20). The van der Waals surface area contributed by atoms with Gasteiger partial charge in [0.1, 0.15) is 5.75 Å². The van der Waals surface area contributed by atoms with Gasteiger partial charge >= 0.3 is 5.97 Å². The molecule has 0 aliphatic carbocycles. The second-order valence-electron chi connectivity index (χ2n) is 4.55. The number of halogens is 1. The van der Waals surface area contributed by atoms with Crippen LogP contribution in [0.4, 0.5) is 5.69 Å². The number of rotatable bonds is 3. The van der Waals surface area contributed by atoms with Crippen LogP contribution in [-0.2, 0) is 4.79 Å². The van der Waals surface area contributed by atoms with Crippen molar-refractivity contribution in [3.8, 4) is 5.75 Å². The molecule has 5 heteroatoms. The lowest BCUT2D eigenvalue weighted by Gasteiger charge is -2.10. The lowest BCUT2D eigenvalue weighted by atomic mass is 10.1. The van der Waals surface area contributed by atoms with Crippen LogP contribution >= 0.6 is 22.6 Å². The molecule has 2 aromatic rings. The van der Waals surface area contributed by atoms with Crippen molar-refractivity contribution in [2.45, 2.75) is 13.8 Å². The van der Waals surface area contributed by atoms with Crippen molar-refractivity contribution in [1.29, 1.82) is 0 Å². The zero-order chi connectivity index (χ0) is 15.4. The van der Waals surface area contributed by atoms with Crippen LogP contribution in [0.15, 0.2) is 42.5 Å². The van der Waals surface area contributed by atoms with E-state index in [2.05, 4.69) is 27.9 Å². The predicted molar refractivity (Wildman–Crippen MR) is 89.6 cm³/mol. The van der Waals surface area contributed by atoms with Crippen LogP contribution in [0.1, 0.15) is 22.8 Å². The fourth-order valence-corrected chi connectivity index (χ4v) is 2.16. The molecule has 0 saturated carbocycles. The highest BCUT2D eigenvalue weighted by atomic mass is 127. The number of anilines is 1. The Morgan fingerprint density at radius 3 is 2.38 bits per heavy atom. The summed E-state index contributed by atoms with van der Waals surface area (Å²) >= 11 is 2.19. The summed E-state index contributed by atoms with van der Waals surface area (Å²) < 4.78 is 6.16. The first-order valence-corrected chi connectivity index (χ1v) is 7.39. The molecule has 0 aliphatic rings. The van der Waals surface area contributed by atoms with Gasteiger partial charge < -0.3 is 10.1 Å². The van der Waals surface area contributed by atoms with Crippen LogP contribution in [0, 0.1) is 10.5 Å². The molecular formula is C16H14INO3. The van der Waals surface area contributed by atoms with E-state index in [1.54, 1.807) is 18.2 Å². The fraction of sp³-hybridized carbons (Fsp3) is 0.125. The van der Waals surface area contributed by atoms with E-state index in [4.69, 9.17) is 4.74 Å². The summed E-state index contributed by atoms with van der Waals surface area (Å²) in [4.78, 5) is 23.5. The molecule has 0 aliphatic heterocycles. The van der Waals surface area contributed by atoms with Gasteiger partial charge in [0.15, 0.2) is 0 Å². The molecule has 2 aromatic carbocycles. The third-order valence-electron chi connectivity index (χ3n) is 2.74. The van der Waals surface area contributed by atoms with Crippen molar-refractivity contribution in [2.75, 3.05) is 5.32 Å². The van der Waals surface area contributed by atoms with Gasteiger partial charge in [-0.15, -0.1) is 0 Å². The van der Waals surface area contributed by atoms with Gasteiger partial charge in [0, 0.05) is 16.2 Å². The summed E-state index contributed by atoms with van der Waals surface area (Å²) in [5, 5.41) is 2.79. The second kappa shape index (κ2) is 6.71. The third-order valence-corrected chi connectivity index (χ3v) is 3.45. The van der Waals surface area contributed by atoms with Crippen molar-refractivity contribution < 1.29 is 14.3 Å². The molecule has 1 amide bonds. The lowest BCUT2D eigenvalue weighted by molar-refractivity contribution is -0.131. The Hall–Kier alpha value is -1.89. The van der Waals surface area contributed by atoms with Crippen molar-refractivity contribution in [3.63, 3.8) is 0 Å². The van der Waals surface area contributed by atoms with Crippen LogP contribution < -0.4 is 10.1 Å². The number of carbonyl (C=O) groups is 2. The molecule has 0 fully saturated rings. The average Bonchev–Trinajstić information content (AvgIpc) is 2.43. The predicted octanol–water partition coefficient (Wildman–Crippen LogP) is 3.78. The van der Waals surface area contributed by atoms with Crippen molar-refractivity contribution in [3.05, 3.63) is 57.2 Å².